The lowest BCUT2D eigenvalue weighted by atomic mass is 10.1. The van der Waals surface area contributed by atoms with Crippen LogP contribution in [0.15, 0.2) is 35.5 Å². The number of benzene rings is 2. The molecule has 0 spiro atoms. The van der Waals surface area contributed by atoms with Crippen molar-refractivity contribution in [3.05, 3.63) is 63.1 Å². The summed E-state index contributed by atoms with van der Waals surface area (Å²) < 4.78 is 115. The molecule has 1 aliphatic heterocycles. The standard InChI is InChI=1S/C14H17Cl2NO4S.C14H12F4N4O5S/c1-4-20-12-6-10(15)9(5-11(12)16)8-22(18,19)13-7-14(2,3)21-17-13;1-22(28(24,25)14(16,17)18)9-7(5-4-6-8(9)15)10(23)11-19-12(26-2)21-13(20-11)27-3/h5-6H,4,7-8H2,1-3H3;4-6H,1-3H3. The third-order valence-electron chi connectivity index (χ3n) is 6.44. The van der Waals surface area contributed by atoms with E-state index in [0.717, 1.165) is 12.1 Å². The number of carbonyl (C=O) groups excluding carboxylic acids is 1. The molecule has 0 N–H and O–H groups in total. The van der Waals surface area contributed by atoms with Crippen molar-refractivity contribution in [3.8, 4) is 17.8 Å². The molecule has 0 saturated carbocycles. The zero-order valence-electron chi connectivity index (χ0n) is 27.0. The predicted octanol–water partition coefficient (Wildman–Crippen LogP) is 5.36. The highest BCUT2D eigenvalue weighted by molar-refractivity contribution is 8.05. The van der Waals surface area contributed by atoms with Crippen molar-refractivity contribution >= 4 is 59.6 Å². The van der Waals surface area contributed by atoms with Crippen molar-refractivity contribution in [2.45, 2.75) is 44.1 Å². The molecule has 50 heavy (non-hydrogen) atoms. The van der Waals surface area contributed by atoms with Gasteiger partial charge in [0.2, 0.25) is 11.6 Å². The summed E-state index contributed by atoms with van der Waals surface area (Å²) in [4.78, 5) is 28.7. The van der Waals surface area contributed by atoms with Gasteiger partial charge >= 0.3 is 27.6 Å². The Morgan fingerprint density at radius 3 is 2.12 bits per heavy atom. The average molecular weight is 791 g/mol. The number of alkyl halides is 3. The van der Waals surface area contributed by atoms with Gasteiger partial charge in [-0.25, -0.2) is 12.8 Å². The van der Waals surface area contributed by atoms with Crippen LogP contribution in [0.25, 0.3) is 0 Å². The van der Waals surface area contributed by atoms with Gasteiger partial charge in [-0.3, -0.25) is 9.10 Å². The fourth-order valence-electron chi connectivity index (χ4n) is 4.04. The molecule has 1 aliphatic rings. The summed E-state index contributed by atoms with van der Waals surface area (Å²) in [6, 6.07) is 4.95. The Balaban J connectivity index is 0.000000278. The minimum Gasteiger partial charge on any atom is -0.492 e. The number of carbonyl (C=O) groups is 1. The lowest BCUT2D eigenvalue weighted by Crippen LogP contribution is -2.39. The number of halogens is 6. The van der Waals surface area contributed by atoms with Crippen molar-refractivity contribution in [2.75, 3.05) is 32.2 Å². The summed E-state index contributed by atoms with van der Waals surface area (Å²) >= 11 is 12.2. The number of methoxy groups -OCH3 is 2. The molecule has 3 aromatic rings. The van der Waals surface area contributed by atoms with Crippen molar-refractivity contribution < 1.29 is 58.2 Å². The van der Waals surface area contributed by atoms with E-state index in [-0.39, 0.29) is 38.6 Å². The van der Waals surface area contributed by atoms with Gasteiger partial charge < -0.3 is 19.0 Å². The van der Waals surface area contributed by atoms with Crippen LogP contribution >= 0.6 is 23.2 Å². The number of hydrogen-bond donors (Lipinski definition) is 0. The zero-order chi connectivity index (χ0) is 37.8. The maximum absolute atomic E-state index is 14.3. The van der Waals surface area contributed by atoms with Gasteiger partial charge in [0.15, 0.2) is 14.9 Å². The Morgan fingerprint density at radius 1 is 1.02 bits per heavy atom. The van der Waals surface area contributed by atoms with E-state index in [1.54, 1.807) is 13.8 Å². The monoisotopic (exact) mass is 789 g/mol. The first-order valence-electron chi connectivity index (χ1n) is 13.9. The molecule has 0 aliphatic carbocycles. The summed E-state index contributed by atoms with van der Waals surface area (Å²) in [5.41, 5.74) is -7.77. The molecule has 2 aromatic carbocycles. The number of anilines is 1. The first-order chi connectivity index (χ1) is 23.1. The molecule has 2 heterocycles. The number of ketones is 1. The lowest BCUT2D eigenvalue weighted by molar-refractivity contribution is -0.0437. The van der Waals surface area contributed by atoms with Gasteiger partial charge in [-0.05, 0) is 44.5 Å². The molecule has 0 amide bonds. The molecule has 14 nitrogen and oxygen atoms in total. The predicted molar refractivity (Wildman–Crippen MR) is 174 cm³/mol. The highest BCUT2D eigenvalue weighted by Crippen LogP contribution is 2.35. The van der Waals surface area contributed by atoms with E-state index in [2.05, 4.69) is 20.1 Å². The number of sulfonamides is 1. The fourth-order valence-corrected chi connectivity index (χ4v) is 6.85. The van der Waals surface area contributed by atoms with Gasteiger partial charge in [0.05, 0.1) is 42.9 Å². The van der Waals surface area contributed by atoms with Crippen molar-refractivity contribution in [3.63, 3.8) is 0 Å². The van der Waals surface area contributed by atoms with Crippen LogP contribution < -0.4 is 18.5 Å². The number of nitrogens with zero attached hydrogens (tertiary/aromatic N) is 5. The molecule has 0 saturated heterocycles. The Labute approximate surface area is 294 Å². The number of rotatable bonds is 10. The normalized spacial score (nSPS) is 14.1. The zero-order valence-corrected chi connectivity index (χ0v) is 30.1. The Morgan fingerprint density at radius 2 is 1.62 bits per heavy atom. The third-order valence-corrected chi connectivity index (χ3v) is 10.2. The van der Waals surface area contributed by atoms with Crippen LogP contribution in [0.1, 0.15) is 48.9 Å². The van der Waals surface area contributed by atoms with Gasteiger partial charge in [-0.2, -0.15) is 31.6 Å². The number of hydrogen-bond acceptors (Lipinski definition) is 13. The van der Waals surface area contributed by atoms with E-state index in [1.165, 1.54) is 26.4 Å². The largest absolute Gasteiger partial charge is 0.516 e. The van der Waals surface area contributed by atoms with Gasteiger partial charge in [0, 0.05) is 24.6 Å². The Hall–Kier alpha value is -4.01. The van der Waals surface area contributed by atoms with Gasteiger partial charge in [0.1, 0.15) is 17.2 Å². The quantitative estimate of drug-likeness (QED) is 0.190. The van der Waals surface area contributed by atoms with Gasteiger partial charge in [-0.1, -0.05) is 34.4 Å². The second-order valence-electron chi connectivity index (χ2n) is 10.6. The van der Waals surface area contributed by atoms with E-state index >= 15 is 0 Å². The summed E-state index contributed by atoms with van der Waals surface area (Å²) in [7, 11) is -6.79. The Kier molecular flexibility index (Phi) is 12.5. The van der Waals surface area contributed by atoms with E-state index in [0.29, 0.717) is 36.1 Å². The van der Waals surface area contributed by atoms with Crippen LogP contribution in [0, 0.1) is 5.82 Å². The van der Waals surface area contributed by atoms with E-state index in [4.69, 9.17) is 42.3 Å². The molecule has 1 aromatic heterocycles. The molecule has 0 atom stereocenters. The highest BCUT2D eigenvalue weighted by Gasteiger charge is 2.50. The van der Waals surface area contributed by atoms with Crippen LogP contribution in [0.4, 0.5) is 23.2 Å². The van der Waals surface area contributed by atoms with Gasteiger partial charge in [0.25, 0.3) is 0 Å². The maximum Gasteiger partial charge on any atom is 0.516 e. The molecule has 0 radical (unpaired) electrons. The van der Waals surface area contributed by atoms with E-state index in [1.807, 2.05) is 6.92 Å². The van der Waals surface area contributed by atoms with E-state index in [9.17, 15) is 39.2 Å². The molecular weight excluding hydrogens is 761 g/mol. The summed E-state index contributed by atoms with van der Waals surface area (Å²) in [6.07, 6.45) is 0.234. The summed E-state index contributed by atoms with van der Waals surface area (Å²) in [5.74, 6) is -3.07. The van der Waals surface area contributed by atoms with Crippen LogP contribution in [-0.2, 0) is 30.5 Å². The minimum absolute atomic E-state index is 0.0265. The fraction of sp³-hybridized carbons (Fsp3) is 0.393. The Bertz CT molecular complexity index is 1990. The number of oxime groups is 1. The van der Waals surface area contributed by atoms with Crippen LogP contribution in [0.5, 0.6) is 17.8 Å². The maximum atomic E-state index is 14.3. The number of ether oxygens (including phenoxy) is 3. The highest BCUT2D eigenvalue weighted by atomic mass is 35.5. The smallest absolute Gasteiger partial charge is 0.492 e. The van der Waals surface area contributed by atoms with Crippen molar-refractivity contribution in [1.82, 2.24) is 15.0 Å². The molecule has 0 unspecified atom stereocenters. The number of aromatic nitrogens is 3. The van der Waals surface area contributed by atoms with Crippen molar-refractivity contribution in [1.29, 1.82) is 0 Å². The summed E-state index contributed by atoms with van der Waals surface area (Å²) in [5, 5.41) is 4.32. The lowest BCUT2D eigenvalue weighted by Gasteiger charge is -2.23. The number of para-hydroxylation sites is 1. The second kappa shape index (κ2) is 15.5. The molecule has 0 bridgehead atoms. The first-order valence-corrected chi connectivity index (χ1v) is 17.7. The molecule has 0 fully saturated rings. The first kappa shape index (κ1) is 40.4. The SMILES string of the molecule is CCOc1cc(Cl)c(CS(=O)(=O)C2=NOC(C)(C)C2)cc1Cl.COc1nc(OC)nc(C(=O)c2cccc(F)c2N(C)S(=O)(=O)C(F)(F)F)n1. The van der Waals surface area contributed by atoms with E-state index < -0.39 is 59.6 Å². The number of sulfone groups is 1. The van der Waals surface area contributed by atoms with Crippen LogP contribution in [-0.4, -0.2) is 81.6 Å². The minimum atomic E-state index is -5.98. The topological polar surface area (TPSA) is 177 Å². The molecule has 274 valence electrons. The average Bonchev–Trinajstić information content (AvgIpc) is 3.42. The molecular formula is C28H29Cl2F4N5O9S2. The summed E-state index contributed by atoms with van der Waals surface area (Å²) in [6.45, 7) is 5.82. The second-order valence-corrected chi connectivity index (χ2v) is 15.4. The molecule has 22 heteroatoms. The third kappa shape index (κ3) is 9.20. The van der Waals surface area contributed by atoms with Crippen LogP contribution in [0.3, 0.4) is 0 Å². The van der Waals surface area contributed by atoms with Crippen LogP contribution in [0.2, 0.25) is 10.0 Å². The van der Waals surface area contributed by atoms with Gasteiger partial charge in [-0.15, -0.1) is 4.98 Å². The van der Waals surface area contributed by atoms with Crippen molar-refractivity contribution in [2.24, 2.45) is 5.16 Å². The molecule has 4 rings (SSSR count).